The van der Waals surface area contributed by atoms with E-state index in [9.17, 15) is 4.39 Å². The summed E-state index contributed by atoms with van der Waals surface area (Å²) < 4.78 is 14.6. The van der Waals surface area contributed by atoms with E-state index in [1.54, 1.807) is 0 Å². The molecular formula is C16H15BrCl2FN. The van der Waals surface area contributed by atoms with Crippen molar-refractivity contribution in [2.45, 2.75) is 25.9 Å². The van der Waals surface area contributed by atoms with Crippen LogP contribution in [0.2, 0.25) is 10.0 Å². The molecule has 112 valence electrons. The van der Waals surface area contributed by atoms with Gasteiger partial charge in [0, 0.05) is 21.6 Å². The Morgan fingerprint density at radius 3 is 2.24 bits per heavy atom. The largest absolute Gasteiger partial charge is 0.304 e. The average molecular weight is 391 g/mol. The molecule has 2 atom stereocenters. The molecule has 21 heavy (non-hydrogen) atoms. The Balaban J connectivity index is 2.15. The lowest BCUT2D eigenvalue weighted by molar-refractivity contribution is 0.492. The number of rotatable bonds is 4. The van der Waals surface area contributed by atoms with Crippen LogP contribution in [0.15, 0.2) is 40.9 Å². The highest BCUT2D eigenvalue weighted by molar-refractivity contribution is 9.10. The van der Waals surface area contributed by atoms with Crippen molar-refractivity contribution in [2.75, 3.05) is 0 Å². The minimum atomic E-state index is -0.457. The fourth-order valence-corrected chi connectivity index (χ4v) is 2.99. The SMILES string of the molecule is CC(N[C@@H](C)c1ccc(Br)cc1)c1cc(F)c(Cl)cc1Cl. The van der Waals surface area contributed by atoms with E-state index in [-0.39, 0.29) is 17.1 Å². The van der Waals surface area contributed by atoms with Crippen LogP contribution < -0.4 is 5.32 Å². The molecular weight excluding hydrogens is 376 g/mol. The molecule has 0 saturated heterocycles. The van der Waals surface area contributed by atoms with Gasteiger partial charge in [0.05, 0.1) is 5.02 Å². The van der Waals surface area contributed by atoms with E-state index in [1.807, 2.05) is 31.2 Å². The third kappa shape index (κ3) is 4.19. The van der Waals surface area contributed by atoms with E-state index in [0.29, 0.717) is 10.6 Å². The number of hydrogen-bond donors (Lipinski definition) is 1. The van der Waals surface area contributed by atoms with Gasteiger partial charge in [-0.3, -0.25) is 0 Å². The van der Waals surface area contributed by atoms with E-state index in [2.05, 4.69) is 28.2 Å². The standard InChI is InChI=1S/C16H15BrCl2FN/c1-9(11-3-5-12(17)6-4-11)21-10(2)13-7-16(20)15(19)8-14(13)18/h3-10,21H,1-2H3/t9-,10?/m0/s1. The first-order chi connectivity index (χ1) is 9.88. The smallest absolute Gasteiger partial charge is 0.142 e. The van der Waals surface area contributed by atoms with Gasteiger partial charge >= 0.3 is 0 Å². The Morgan fingerprint density at radius 1 is 1.00 bits per heavy atom. The van der Waals surface area contributed by atoms with E-state index < -0.39 is 5.82 Å². The first kappa shape index (κ1) is 16.8. The van der Waals surface area contributed by atoms with Crippen LogP contribution in [-0.4, -0.2) is 0 Å². The topological polar surface area (TPSA) is 12.0 Å². The minimum Gasteiger partial charge on any atom is -0.304 e. The van der Waals surface area contributed by atoms with Gasteiger partial charge in [-0.15, -0.1) is 0 Å². The van der Waals surface area contributed by atoms with Gasteiger partial charge in [0.25, 0.3) is 0 Å². The summed E-state index contributed by atoms with van der Waals surface area (Å²) >= 11 is 15.3. The molecule has 0 bridgehead atoms. The van der Waals surface area contributed by atoms with Crippen LogP contribution >= 0.6 is 39.1 Å². The van der Waals surface area contributed by atoms with Gasteiger partial charge < -0.3 is 5.32 Å². The van der Waals surface area contributed by atoms with Crippen molar-refractivity contribution in [2.24, 2.45) is 0 Å². The minimum absolute atomic E-state index is 0.0388. The van der Waals surface area contributed by atoms with Crippen molar-refractivity contribution in [3.8, 4) is 0 Å². The van der Waals surface area contributed by atoms with Gasteiger partial charge in [0.1, 0.15) is 5.82 Å². The van der Waals surface area contributed by atoms with E-state index >= 15 is 0 Å². The van der Waals surface area contributed by atoms with E-state index in [0.717, 1.165) is 10.0 Å². The maximum atomic E-state index is 13.6. The van der Waals surface area contributed by atoms with Gasteiger partial charge in [-0.05, 0) is 49.2 Å². The fraction of sp³-hybridized carbons (Fsp3) is 0.250. The van der Waals surface area contributed by atoms with Crippen molar-refractivity contribution >= 4 is 39.1 Å². The first-order valence-electron chi connectivity index (χ1n) is 6.54. The molecule has 1 N–H and O–H groups in total. The summed E-state index contributed by atoms with van der Waals surface area (Å²) in [4.78, 5) is 0. The highest BCUT2D eigenvalue weighted by atomic mass is 79.9. The predicted octanol–water partition coefficient (Wildman–Crippen LogP) is 6.31. The molecule has 5 heteroatoms. The third-order valence-corrected chi connectivity index (χ3v) is 4.52. The van der Waals surface area contributed by atoms with Crippen LogP contribution in [-0.2, 0) is 0 Å². The highest BCUT2D eigenvalue weighted by Crippen LogP contribution is 2.30. The molecule has 0 spiro atoms. The van der Waals surface area contributed by atoms with Crippen molar-refractivity contribution in [3.05, 3.63) is 67.9 Å². The summed E-state index contributed by atoms with van der Waals surface area (Å²) in [6.07, 6.45) is 0. The first-order valence-corrected chi connectivity index (χ1v) is 8.09. The molecule has 1 nitrogen and oxygen atoms in total. The summed E-state index contributed by atoms with van der Waals surface area (Å²) in [6, 6.07) is 10.9. The number of benzene rings is 2. The van der Waals surface area contributed by atoms with E-state index in [1.165, 1.54) is 12.1 Å². The van der Waals surface area contributed by atoms with Crippen molar-refractivity contribution < 1.29 is 4.39 Å². The summed E-state index contributed by atoms with van der Waals surface area (Å²) in [5.41, 5.74) is 1.85. The molecule has 0 aliphatic carbocycles. The number of nitrogens with one attached hydrogen (secondary N) is 1. The van der Waals surface area contributed by atoms with Crippen LogP contribution in [0.3, 0.4) is 0 Å². The zero-order valence-electron chi connectivity index (χ0n) is 11.6. The van der Waals surface area contributed by atoms with Gasteiger partial charge in [-0.1, -0.05) is 51.3 Å². The molecule has 2 aromatic rings. The lowest BCUT2D eigenvalue weighted by Crippen LogP contribution is -2.22. The molecule has 1 unspecified atom stereocenters. The zero-order chi connectivity index (χ0) is 15.6. The predicted molar refractivity (Wildman–Crippen MR) is 90.5 cm³/mol. The quantitative estimate of drug-likeness (QED) is 0.603. The van der Waals surface area contributed by atoms with Crippen LogP contribution in [0.5, 0.6) is 0 Å². The molecule has 0 aliphatic heterocycles. The second-order valence-corrected chi connectivity index (χ2v) is 6.68. The molecule has 0 saturated carbocycles. The molecule has 0 amide bonds. The summed E-state index contributed by atoms with van der Waals surface area (Å²) in [5.74, 6) is -0.457. The van der Waals surface area contributed by atoms with Gasteiger partial charge in [-0.2, -0.15) is 0 Å². The van der Waals surface area contributed by atoms with Crippen LogP contribution in [0.1, 0.15) is 37.1 Å². The van der Waals surface area contributed by atoms with Gasteiger partial charge in [-0.25, -0.2) is 4.39 Å². The van der Waals surface area contributed by atoms with Crippen molar-refractivity contribution in [1.82, 2.24) is 5.32 Å². The van der Waals surface area contributed by atoms with Crippen molar-refractivity contribution in [3.63, 3.8) is 0 Å². The lowest BCUT2D eigenvalue weighted by atomic mass is 10.0. The van der Waals surface area contributed by atoms with Crippen LogP contribution in [0.25, 0.3) is 0 Å². The van der Waals surface area contributed by atoms with Crippen LogP contribution in [0, 0.1) is 5.82 Å². The highest BCUT2D eigenvalue weighted by Gasteiger charge is 2.16. The Morgan fingerprint density at radius 2 is 1.62 bits per heavy atom. The monoisotopic (exact) mass is 389 g/mol. The summed E-state index contributed by atoms with van der Waals surface area (Å²) in [7, 11) is 0. The second-order valence-electron chi connectivity index (χ2n) is 4.95. The number of halogens is 4. The average Bonchev–Trinajstić information content (AvgIpc) is 2.43. The maximum absolute atomic E-state index is 13.6. The number of hydrogen-bond acceptors (Lipinski definition) is 1. The maximum Gasteiger partial charge on any atom is 0.142 e. The Kier molecular flexibility index (Phi) is 5.67. The summed E-state index contributed by atoms with van der Waals surface area (Å²) in [5, 5.41) is 3.91. The van der Waals surface area contributed by atoms with Crippen LogP contribution in [0.4, 0.5) is 4.39 Å². The third-order valence-electron chi connectivity index (χ3n) is 3.38. The van der Waals surface area contributed by atoms with Crippen molar-refractivity contribution in [1.29, 1.82) is 0 Å². The molecule has 0 aliphatic rings. The normalized spacial score (nSPS) is 14.0. The Bertz CT molecular complexity index is 631. The second kappa shape index (κ2) is 7.10. The Labute approximate surface area is 142 Å². The Hall–Kier alpha value is -0.610. The summed E-state index contributed by atoms with van der Waals surface area (Å²) in [6.45, 7) is 4.00. The van der Waals surface area contributed by atoms with Gasteiger partial charge in [0.2, 0.25) is 0 Å². The molecule has 0 aromatic heterocycles. The molecule has 0 radical (unpaired) electrons. The molecule has 0 heterocycles. The fourth-order valence-electron chi connectivity index (χ4n) is 2.18. The van der Waals surface area contributed by atoms with E-state index in [4.69, 9.17) is 23.2 Å². The van der Waals surface area contributed by atoms with Gasteiger partial charge in [0.15, 0.2) is 0 Å². The lowest BCUT2D eigenvalue weighted by Gasteiger charge is -2.22. The zero-order valence-corrected chi connectivity index (χ0v) is 14.7. The molecule has 2 rings (SSSR count). The molecule has 0 fully saturated rings. The molecule has 2 aromatic carbocycles.